The van der Waals surface area contributed by atoms with E-state index in [9.17, 15) is 14.9 Å². The van der Waals surface area contributed by atoms with Gasteiger partial charge in [0, 0.05) is 36.3 Å². The number of hydrogen-bond donors (Lipinski definition) is 1. The number of aryl methyl sites for hydroxylation is 2. The third kappa shape index (κ3) is 3.91. The fraction of sp³-hybridized carbons (Fsp3) is 0.235. The number of carbonyl (C=O) groups excluding carboxylic acids is 1. The summed E-state index contributed by atoms with van der Waals surface area (Å²) in [4.78, 5) is 22.3. The second kappa shape index (κ2) is 6.85. The van der Waals surface area contributed by atoms with Crippen LogP contribution in [0.1, 0.15) is 27.9 Å². The highest BCUT2D eigenvalue weighted by Gasteiger charge is 2.11. The van der Waals surface area contributed by atoms with E-state index < -0.39 is 4.92 Å². The van der Waals surface area contributed by atoms with Gasteiger partial charge in [-0.05, 0) is 37.1 Å². The van der Waals surface area contributed by atoms with Crippen molar-refractivity contribution in [2.45, 2.75) is 20.3 Å². The van der Waals surface area contributed by atoms with Crippen molar-refractivity contribution in [3.8, 4) is 0 Å². The molecule has 1 N–H and O–H groups in total. The summed E-state index contributed by atoms with van der Waals surface area (Å²) in [5, 5.41) is 13.9. The maximum Gasteiger partial charge on any atom is 0.270 e. The van der Waals surface area contributed by atoms with Gasteiger partial charge in [-0.25, -0.2) is 0 Å². The van der Waals surface area contributed by atoms with Gasteiger partial charge in [0.25, 0.3) is 5.69 Å². The molecule has 114 valence electrons. The highest BCUT2D eigenvalue weighted by atomic mass is 16.6. The Hall–Kier alpha value is -2.69. The molecule has 0 amide bonds. The standard InChI is InChI=1S/C17H18N2O3/c1-12-6-7-15(10-13(12)2)18-9-8-17(20)14-4-3-5-16(11-14)19(21)22/h3-7,10-11,18H,8-9H2,1-2H3. The molecular weight excluding hydrogens is 280 g/mol. The Morgan fingerprint density at radius 3 is 2.59 bits per heavy atom. The quantitative estimate of drug-likeness (QED) is 0.499. The van der Waals surface area contributed by atoms with Crippen LogP contribution >= 0.6 is 0 Å². The van der Waals surface area contributed by atoms with E-state index in [-0.39, 0.29) is 17.9 Å². The number of non-ortho nitro benzene ring substituents is 1. The van der Waals surface area contributed by atoms with Crippen LogP contribution in [-0.2, 0) is 0 Å². The molecule has 2 rings (SSSR count). The van der Waals surface area contributed by atoms with Crippen LogP contribution in [0.25, 0.3) is 0 Å². The normalized spacial score (nSPS) is 10.3. The monoisotopic (exact) mass is 298 g/mol. The fourth-order valence-corrected chi connectivity index (χ4v) is 2.11. The first-order valence-corrected chi connectivity index (χ1v) is 7.06. The minimum atomic E-state index is -0.496. The number of anilines is 1. The number of Topliss-reactive ketones (excluding diaryl/α,β-unsaturated/α-hetero) is 1. The van der Waals surface area contributed by atoms with Crippen molar-refractivity contribution in [1.82, 2.24) is 0 Å². The zero-order chi connectivity index (χ0) is 16.1. The van der Waals surface area contributed by atoms with Crippen molar-refractivity contribution in [2.75, 3.05) is 11.9 Å². The van der Waals surface area contributed by atoms with Gasteiger partial charge in [-0.2, -0.15) is 0 Å². The Morgan fingerprint density at radius 1 is 1.14 bits per heavy atom. The van der Waals surface area contributed by atoms with Gasteiger partial charge in [0.15, 0.2) is 5.78 Å². The van der Waals surface area contributed by atoms with Crippen molar-refractivity contribution in [3.63, 3.8) is 0 Å². The van der Waals surface area contributed by atoms with Gasteiger partial charge < -0.3 is 5.32 Å². The lowest BCUT2D eigenvalue weighted by molar-refractivity contribution is -0.384. The van der Waals surface area contributed by atoms with Crippen LogP contribution in [0.2, 0.25) is 0 Å². The minimum absolute atomic E-state index is 0.0621. The second-order valence-corrected chi connectivity index (χ2v) is 5.21. The zero-order valence-corrected chi connectivity index (χ0v) is 12.6. The highest BCUT2D eigenvalue weighted by molar-refractivity contribution is 5.96. The Morgan fingerprint density at radius 2 is 1.91 bits per heavy atom. The van der Waals surface area contributed by atoms with Crippen molar-refractivity contribution >= 4 is 17.2 Å². The number of ketones is 1. The van der Waals surface area contributed by atoms with Crippen LogP contribution in [0, 0.1) is 24.0 Å². The Balaban J connectivity index is 1.94. The molecule has 0 unspecified atom stereocenters. The first kappa shape index (κ1) is 15.7. The molecule has 0 aromatic heterocycles. The van der Waals surface area contributed by atoms with Gasteiger partial charge in [-0.1, -0.05) is 18.2 Å². The largest absolute Gasteiger partial charge is 0.385 e. The molecule has 2 aromatic rings. The Labute approximate surface area is 129 Å². The summed E-state index contributed by atoms with van der Waals surface area (Å²) in [5.41, 5.74) is 3.69. The molecular formula is C17H18N2O3. The third-order valence-electron chi connectivity index (χ3n) is 3.57. The lowest BCUT2D eigenvalue weighted by Crippen LogP contribution is -2.09. The topological polar surface area (TPSA) is 72.2 Å². The van der Waals surface area contributed by atoms with E-state index in [0.717, 1.165) is 5.69 Å². The summed E-state index contributed by atoms with van der Waals surface area (Å²) < 4.78 is 0. The molecule has 2 aromatic carbocycles. The van der Waals surface area contributed by atoms with Gasteiger partial charge >= 0.3 is 0 Å². The second-order valence-electron chi connectivity index (χ2n) is 5.21. The van der Waals surface area contributed by atoms with Crippen molar-refractivity contribution < 1.29 is 9.72 Å². The smallest absolute Gasteiger partial charge is 0.270 e. The highest BCUT2D eigenvalue weighted by Crippen LogP contribution is 2.16. The molecule has 0 spiro atoms. The predicted molar refractivity (Wildman–Crippen MR) is 86.4 cm³/mol. The Bertz CT molecular complexity index is 711. The van der Waals surface area contributed by atoms with E-state index in [1.54, 1.807) is 6.07 Å². The van der Waals surface area contributed by atoms with E-state index in [0.29, 0.717) is 12.1 Å². The van der Waals surface area contributed by atoms with Crippen molar-refractivity contribution in [2.24, 2.45) is 0 Å². The number of carbonyl (C=O) groups is 1. The summed E-state index contributed by atoms with van der Waals surface area (Å²) in [6.45, 7) is 4.57. The number of nitrogens with one attached hydrogen (secondary N) is 1. The average Bonchev–Trinajstić information content (AvgIpc) is 2.51. The molecule has 0 aliphatic carbocycles. The van der Waals surface area contributed by atoms with Crippen LogP contribution in [0.15, 0.2) is 42.5 Å². The van der Waals surface area contributed by atoms with E-state index in [1.807, 2.05) is 32.0 Å². The first-order chi connectivity index (χ1) is 10.5. The summed E-state index contributed by atoms with van der Waals surface area (Å²) in [6, 6.07) is 11.9. The molecule has 0 radical (unpaired) electrons. The molecule has 0 saturated carbocycles. The molecule has 5 nitrogen and oxygen atoms in total. The molecule has 0 aliphatic rings. The minimum Gasteiger partial charge on any atom is -0.385 e. The van der Waals surface area contributed by atoms with E-state index in [2.05, 4.69) is 5.32 Å². The van der Waals surface area contributed by atoms with E-state index >= 15 is 0 Å². The number of nitrogens with zero attached hydrogens (tertiary/aromatic N) is 1. The van der Waals surface area contributed by atoms with E-state index in [1.165, 1.54) is 29.3 Å². The molecule has 0 fully saturated rings. The molecule has 0 saturated heterocycles. The van der Waals surface area contributed by atoms with E-state index in [4.69, 9.17) is 0 Å². The average molecular weight is 298 g/mol. The van der Waals surface area contributed by atoms with Gasteiger partial charge in [-0.15, -0.1) is 0 Å². The molecule has 0 heterocycles. The predicted octanol–water partition coefficient (Wildman–Crippen LogP) is 3.90. The SMILES string of the molecule is Cc1ccc(NCCC(=O)c2cccc([N+](=O)[O-])c2)cc1C. The zero-order valence-electron chi connectivity index (χ0n) is 12.6. The third-order valence-corrected chi connectivity index (χ3v) is 3.57. The van der Waals surface area contributed by atoms with Gasteiger partial charge in [0.05, 0.1) is 4.92 Å². The number of nitro benzene ring substituents is 1. The summed E-state index contributed by atoms with van der Waals surface area (Å²) in [6.07, 6.45) is 0.286. The summed E-state index contributed by atoms with van der Waals surface area (Å²) in [7, 11) is 0. The number of benzene rings is 2. The lowest BCUT2D eigenvalue weighted by Gasteiger charge is -2.08. The summed E-state index contributed by atoms with van der Waals surface area (Å²) >= 11 is 0. The maximum atomic E-state index is 12.1. The van der Waals surface area contributed by atoms with Crippen LogP contribution in [0.4, 0.5) is 11.4 Å². The molecule has 0 aliphatic heterocycles. The van der Waals surface area contributed by atoms with Gasteiger partial charge in [0.2, 0.25) is 0 Å². The summed E-state index contributed by atoms with van der Waals surface area (Å²) in [5.74, 6) is -0.111. The van der Waals surface area contributed by atoms with Crippen LogP contribution in [-0.4, -0.2) is 17.3 Å². The maximum absolute atomic E-state index is 12.1. The van der Waals surface area contributed by atoms with Gasteiger partial charge in [0.1, 0.15) is 0 Å². The molecule has 22 heavy (non-hydrogen) atoms. The fourth-order valence-electron chi connectivity index (χ4n) is 2.11. The number of nitro groups is 1. The number of hydrogen-bond acceptors (Lipinski definition) is 4. The molecule has 0 atom stereocenters. The van der Waals surface area contributed by atoms with Gasteiger partial charge in [-0.3, -0.25) is 14.9 Å². The molecule has 5 heteroatoms. The van der Waals surface area contributed by atoms with Crippen LogP contribution in [0.3, 0.4) is 0 Å². The van der Waals surface area contributed by atoms with Crippen LogP contribution < -0.4 is 5.32 Å². The Kier molecular flexibility index (Phi) is 4.88. The van der Waals surface area contributed by atoms with Crippen molar-refractivity contribution in [1.29, 1.82) is 0 Å². The molecule has 0 bridgehead atoms. The lowest BCUT2D eigenvalue weighted by atomic mass is 10.1. The first-order valence-electron chi connectivity index (χ1n) is 7.06. The number of rotatable bonds is 6. The van der Waals surface area contributed by atoms with Crippen LogP contribution in [0.5, 0.6) is 0 Å². The van der Waals surface area contributed by atoms with Crippen molar-refractivity contribution in [3.05, 3.63) is 69.3 Å².